The molecule has 2 rings (SSSR count). The van der Waals surface area contributed by atoms with Crippen LogP contribution in [0.4, 0.5) is 0 Å². The molecule has 0 aromatic heterocycles. The van der Waals surface area contributed by atoms with E-state index < -0.39 is 0 Å². The summed E-state index contributed by atoms with van der Waals surface area (Å²) < 4.78 is 5.39. The van der Waals surface area contributed by atoms with Crippen molar-refractivity contribution in [2.24, 2.45) is 5.92 Å². The Hall–Kier alpha value is -0.530. The minimum atomic E-state index is 0.139. The Labute approximate surface area is 115 Å². The summed E-state index contributed by atoms with van der Waals surface area (Å²) in [5, 5.41) is 0.139. The maximum atomic E-state index is 6.60. The second kappa shape index (κ2) is 6.58. The minimum absolute atomic E-state index is 0.139. The molecule has 2 atom stereocenters. The molecule has 18 heavy (non-hydrogen) atoms. The number of hydrogen-bond acceptors (Lipinski definition) is 1. The van der Waals surface area contributed by atoms with E-state index in [1.165, 1.54) is 17.5 Å². The number of ether oxygens (including phenoxy) is 1. The molecule has 2 unspecified atom stereocenters. The Morgan fingerprint density at radius 2 is 1.72 bits per heavy atom. The Bertz CT molecular complexity index is 354. The molecular weight excluding hydrogens is 244 g/mol. The molecule has 1 saturated heterocycles. The number of benzene rings is 1. The van der Waals surface area contributed by atoms with E-state index in [4.69, 9.17) is 16.3 Å². The molecule has 1 aromatic carbocycles. The first kappa shape index (κ1) is 13.9. The smallest absolute Gasteiger partial charge is 0.0615 e. The van der Waals surface area contributed by atoms with Crippen LogP contribution in [0.25, 0.3) is 0 Å². The molecule has 1 fully saturated rings. The molecule has 0 spiro atoms. The summed E-state index contributed by atoms with van der Waals surface area (Å²) in [7, 11) is 0. The summed E-state index contributed by atoms with van der Waals surface area (Å²) in [6.45, 7) is 6.22. The van der Waals surface area contributed by atoms with Crippen LogP contribution in [-0.2, 0) is 4.74 Å². The Morgan fingerprint density at radius 1 is 1.17 bits per heavy atom. The van der Waals surface area contributed by atoms with Crippen molar-refractivity contribution in [3.63, 3.8) is 0 Å². The number of halogens is 1. The second-order valence-electron chi connectivity index (χ2n) is 5.33. The lowest BCUT2D eigenvalue weighted by Crippen LogP contribution is -2.19. The summed E-state index contributed by atoms with van der Waals surface area (Å²) in [6.07, 6.45) is 3.35. The van der Waals surface area contributed by atoms with E-state index in [9.17, 15) is 0 Å². The van der Waals surface area contributed by atoms with Crippen molar-refractivity contribution in [3.05, 3.63) is 35.4 Å². The van der Waals surface area contributed by atoms with Gasteiger partial charge in [-0.25, -0.2) is 0 Å². The average Bonchev–Trinajstić information content (AvgIpc) is 2.47. The van der Waals surface area contributed by atoms with E-state index in [0.29, 0.717) is 11.8 Å². The summed E-state index contributed by atoms with van der Waals surface area (Å²) in [4.78, 5) is 0. The maximum absolute atomic E-state index is 6.60. The molecule has 2 heteroatoms. The molecule has 0 radical (unpaired) electrons. The van der Waals surface area contributed by atoms with Crippen LogP contribution >= 0.6 is 11.6 Å². The highest BCUT2D eigenvalue weighted by Gasteiger charge is 2.23. The molecule has 1 aromatic rings. The lowest BCUT2D eigenvalue weighted by atomic mass is 9.90. The summed E-state index contributed by atoms with van der Waals surface area (Å²) in [6, 6.07) is 8.87. The van der Waals surface area contributed by atoms with Crippen molar-refractivity contribution < 1.29 is 4.74 Å². The van der Waals surface area contributed by atoms with Gasteiger partial charge in [-0.15, -0.1) is 11.6 Å². The molecule has 0 saturated carbocycles. The van der Waals surface area contributed by atoms with E-state index in [-0.39, 0.29) is 5.38 Å². The van der Waals surface area contributed by atoms with Crippen LogP contribution in [0.1, 0.15) is 55.5 Å². The highest BCUT2D eigenvalue weighted by Crippen LogP contribution is 2.35. The molecule has 1 aliphatic heterocycles. The number of alkyl halides is 1. The SMILES string of the molecule is CCC(C)c1ccc(C(Cl)C2CCOCC2)cc1. The molecule has 0 bridgehead atoms. The Kier molecular flexibility index (Phi) is 5.08. The van der Waals surface area contributed by atoms with Crippen LogP contribution in [0.2, 0.25) is 0 Å². The van der Waals surface area contributed by atoms with Crippen LogP contribution in [0, 0.1) is 5.92 Å². The lowest BCUT2D eigenvalue weighted by molar-refractivity contribution is 0.0651. The van der Waals surface area contributed by atoms with Gasteiger partial charge < -0.3 is 4.74 Å². The van der Waals surface area contributed by atoms with Gasteiger partial charge in [-0.2, -0.15) is 0 Å². The van der Waals surface area contributed by atoms with Crippen LogP contribution in [0.15, 0.2) is 24.3 Å². The third-order valence-electron chi connectivity index (χ3n) is 4.12. The molecule has 0 amide bonds. The summed E-state index contributed by atoms with van der Waals surface area (Å²) >= 11 is 6.60. The van der Waals surface area contributed by atoms with Gasteiger partial charge in [0.2, 0.25) is 0 Å². The maximum Gasteiger partial charge on any atom is 0.0615 e. The highest BCUT2D eigenvalue weighted by molar-refractivity contribution is 6.21. The topological polar surface area (TPSA) is 9.23 Å². The first-order chi connectivity index (χ1) is 8.72. The zero-order valence-electron chi connectivity index (χ0n) is 11.4. The van der Waals surface area contributed by atoms with Gasteiger partial charge in [-0.3, -0.25) is 0 Å². The van der Waals surface area contributed by atoms with Gasteiger partial charge in [-0.1, -0.05) is 38.1 Å². The second-order valence-corrected chi connectivity index (χ2v) is 5.80. The monoisotopic (exact) mass is 266 g/mol. The van der Waals surface area contributed by atoms with Gasteiger partial charge in [0.15, 0.2) is 0 Å². The van der Waals surface area contributed by atoms with Crippen LogP contribution in [-0.4, -0.2) is 13.2 Å². The fourth-order valence-corrected chi connectivity index (χ4v) is 2.92. The van der Waals surface area contributed by atoms with Gasteiger partial charge in [0.1, 0.15) is 0 Å². The number of hydrogen-bond donors (Lipinski definition) is 0. The third-order valence-corrected chi connectivity index (χ3v) is 4.72. The predicted molar refractivity (Wildman–Crippen MR) is 77.3 cm³/mol. The molecule has 1 heterocycles. The van der Waals surface area contributed by atoms with Crippen LogP contribution in [0.3, 0.4) is 0 Å². The molecule has 1 aliphatic rings. The van der Waals surface area contributed by atoms with E-state index in [0.717, 1.165) is 26.1 Å². The molecule has 100 valence electrons. The molecule has 1 nitrogen and oxygen atoms in total. The van der Waals surface area contributed by atoms with E-state index >= 15 is 0 Å². The fraction of sp³-hybridized carbons (Fsp3) is 0.625. The molecule has 0 aliphatic carbocycles. The van der Waals surface area contributed by atoms with Crippen molar-refractivity contribution in [1.82, 2.24) is 0 Å². The van der Waals surface area contributed by atoms with E-state index in [1.807, 2.05) is 0 Å². The quantitative estimate of drug-likeness (QED) is 0.704. The normalized spacial score (nSPS) is 20.6. The van der Waals surface area contributed by atoms with Crippen molar-refractivity contribution >= 4 is 11.6 Å². The van der Waals surface area contributed by atoms with Crippen molar-refractivity contribution in [1.29, 1.82) is 0 Å². The standard InChI is InChI=1S/C16H23ClO/c1-3-12(2)13-4-6-14(7-5-13)16(17)15-8-10-18-11-9-15/h4-7,12,15-16H,3,8-11H2,1-2H3. The minimum Gasteiger partial charge on any atom is -0.381 e. The van der Waals surface area contributed by atoms with Gasteiger partial charge in [0, 0.05) is 13.2 Å². The first-order valence-corrected chi connectivity index (χ1v) is 7.47. The fourth-order valence-electron chi connectivity index (χ4n) is 2.52. The van der Waals surface area contributed by atoms with Crippen LogP contribution < -0.4 is 0 Å². The number of rotatable bonds is 4. The van der Waals surface area contributed by atoms with Gasteiger partial charge >= 0.3 is 0 Å². The van der Waals surface area contributed by atoms with Crippen LogP contribution in [0.5, 0.6) is 0 Å². The third kappa shape index (κ3) is 3.27. The first-order valence-electron chi connectivity index (χ1n) is 7.04. The van der Waals surface area contributed by atoms with E-state index in [1.54, 1.807) is 0 Å². The highest BCUT2D eigenvalue weighted by atomic mass is 35.5. The molecule has 0 N–H and O–H groups in total. The zero-order valence-corrected chi connectivity index (χ0v) is 12.1. The van der Waals surface area contributed by atoms with Crippen molar-refractivity contribution in [3.8, 4) is 0 Å². The average molecular weight is 267 g/mol. The summed E-state index contributed by atoms with van der Waals surface area (Å²) in [5.41, 5.74) is 2.67. The molecular formula is C16H23ClO. The van der Waals surface area contributed by atoms with Crippen molar-refractivity contribution in [2.75, 3.05) is 13.2 Å². The zero-order chi connectivity index (χ0) is 13.0. The lowest BCUT2D eigenvalue weighted by Gasteiger charge is -2.26. The van der Waals surface area contributed by atoms with E-state index in [2.05, 4.69) is 38.1 Å². The predicted octanol–water partition coefficient (Wildman–Crippen LogP) is 4.91. The summed E-state index contributed by atoms with van der Waals surface area (Å²) in [5.74, 6) is 1.20. The van der Waals surface area contributed by atoms with Crippen molar-refractivity contribution in [2.45, 2.75) is 44.4 Å². The van der Waals surface area contributed by atoms with Gasteiger partial charge in [0.05, 0.1) is 5.38 Å². The Morgan fingerprint density at radius 3 is 2.28 bits per heavy atom. The largest absolute Gasteiger partial charge is 0.381 e. The van der Waals surface area contributed by atoms with Gasteiger partial charge in [0.25, 0.3) is 0 Å². The Balaban J connectivity index is 2.03. The van der Waals surface area contributed by atoms with Gasteiger partial charge in [-0.05, 0) is 42.2 Å².